The van der Waals surface area contributed by atoms with Gasteiger partial charge in [0, 0.05) is 24.3 Å². The summed E-state index contributed by atoms with van der Waals surface area (Å²) in [7, 11) is -4.25. The molecule has 0 radical (unpaired) electrons. The summed E-state index contributed by atoms with van der Waals surface area (Å²) in [5, 5.41) is 0.0865. The van der Waals surface area contributed by atoms with Gasteiger partial charge in [-0.2, -0.15) is 0 Å². The lowest BCUT2D eigenvalue weighted by Gasteiger charge is -2.41. The number of carbonyl (C=O) groups is 1. The van der Waals surface area contributed by atoms with Crippen LogP contribution in [0.4, 0.5) is 0 Å². The predicted molar refractivity (Wildman–Crippen MR) is 156 cm³/mol. The summed E-state index contributed by atoms with van der Waals surface area (Å²) in [5.74, 6) is 1.59. The van der Waals surface area contributed by atoms with Crippen molar-refractivity contribution in [2.75, 3.05) is 6.61 Å². The minimum atomic E-state index is -2.30. The van der Waals surface area contributed by atoms with E-state index in [0.717, 1.165) is 37.9 Å². The fraction of sp³-hybridized carbons (Fsp3) is 0.767. The molecule has 4 atom stereocenters. The number of fused-ring (bicyclic) bond motifs is 3. The highest BCUT2D eigenvalue weighted by atomic mass is 28.4. The summed E-state index contributed by atoms with van der Waals surface area (Å²) in [6.07, 6.45) is 5.25. The first-order valence-corrected chi connectivity index (χ1v) is 20.2. The Balaban J connectivity index is 1.86. The van der Waals surface area contributed by atoms with Crippen LogP contribution in [0.2, 0.25) is 36.3 Å². The molecular weight excluding hydrogens is 496 g/mol. The average molecular weight is 549 g/mol. The maximum absolute atomic E-state index is 11.8. The van der Waals surface area contributed by atoms with Gasteiger partial charge in [-0.25, -0.2) is 0 Å². The van der Waals surface area contributed by atoms with Gasteiger partial charge in [0.1, 0.15) is 11.9 Å². The van der Waals surface area contributed by atoms with Crippen LogP contribution in [0.25, 0.3) is 0 Å². The summed E-state index contributed by atoms with van der Waals surface area (Å²) < 4.78 is 18.9. The number of ether oxygens (including phenoxy) is 2. The molecule has 1 fully saturated rings. The number of benzene rings is 1. The zero-order chi connectivity index (χ0) is 27.8. The maximum Gasteiger partial charge on any atom is 0.305 e. The van der Waals surface area contributed by atoms with Gasteiger partial charge in [-0.15, -0.1) is 0 Å². The van der Waals surface area contributed by atoms with Crippen LogP contribution in [-0.2, 0) is 20.4 Å². The Morgan fingerprint density at radius 1 is 1.14 bits per heavy atom. The lowest BCUT2D eigenvalue weighted by Crippen LogP contribution is -2.45. The lowest BCUT2D eigenvalue weighted by atomic mass is 9.83. The molecule has 37 heavy (non-hydrogen) atoms. The van der Waals surface area contributed by atoms with E-state index < -0.39 is 16.6 Å². The molecule has 1 heterocycles. The van der Waals surface area contributed by atoms with Crippen LogP contribution in [0.1, 0.15) is 90.7 Å². The highest BCUT2D eigenvalue weighted by molar-refractivity contribution is 6.74. The monoisotopic (exact) mass is 548 g/mol. The van der Waals surface area contributed by atoms with Gasteiger partial charge in [0.05, 0.1) is 12.7 Å². The van der Waals surface area contributed by atoms with E-state index in [9.17, 15) is 9.59 Å². The Hall–Kier alpha value is -1.16. The van der Waals surface area contributed by atoms with Crippen molar-refractivity contribution in [2.45, 2.75) is 134 Å². The third-order valence-corrected chi connectivity index (χ3v) is 17.8. The quantitative estimate of drug-likeness (QED) is 0.228. The van der Waals surface area contributed by atoms with Crippen LogP contribution >= 0.6 is 0 Å². The molecule has 3 rings (SSSR count). The molecule has 0 unspecified atom stereocenters. The number of rotatable bonds is 11. The van der Waals surface area contributed by atoms with E-state index in [1.807, 2.05) is 6.92 Å². The first-order chi connectivity index (χ1) is 17.0. The molecule has 5 nitrogen and oxygen atoms in total. The van der Waals surface area contributed by atoms with Crippen molar-refractivity contribution in [3.8, 4) is 5.75 Å². The molecule has 1 saturated carbocycles. The van der Waals surface area contributed by atoms with E-state index in [0.29, 0.717) is 24.9 Å². The molecule has 210 valence electrons. The van der Waals surface area contributed by atoms with Crippen molar-refractivity contribution in [3.05, 3.63) is 29.3 Å². The van der Waals surface area contributed by atoms with Crippen LogP contribution in [-0.4, -0.2) is 46.2 Å². The molecule has 1 aromatic carbocycles. The topological polar surface area (TPSA) is 65.0 Å². The van der Waals surface area contributed by atoms with Crippen LogP contribution in [0, 0.1) is 5.92 Å². The van der Waals surface area contributed by atoms with E-state index >= 15 is 0 Å². The molecule has 0 aromatic heterocycles. The molecule has 1 aromatic rings. The van der Waals surface area contributed by atoms with E-state index in [2.05, 4.69) is 79.0 Å². The van der Waals surface area contributed by atoms with E-state index in [4.69, 9.17) is 13.9 Å². The first-order valence-electron chi connectivity index (χ1n) is 14.3. The fourth-order valence-electron chi connectivity index (χ4n) is 5.51. The standard InChI is InChI=1S/C30H52O5Si2/c1-11-33-26(31)17-13-15-21-14-12-16-23-27-22(18-19-30(5,6)36(7,8)32)24(20-25(27)34-28(21)23)35-37(9,10)29(2,3)4/h12,14,16,22,24-25,27,32H,11,13,15,17-20H2,1-10H3/t22-,24+,25-,27-/m0/s1. The van der Waals surface area contributed by atoms with Crippen molar-refractivity contribution in [1.29, 1.82) is 0 Å². The van der Waals surface area contributed by atoms with Crippen molar-refractivity contribution in [1.82, 2.24) is 0 Å². The van der Waals surface area contributed by atoms with Gasteiger partial charge >= 0.3 is 5.97 Å². The molecular formula is C30H52O5Si2. The van der Waals surface area contributed by atoms with Crippen molar-refractivity contribution in [2.24, 2.45) is 5.92 Å². The Bertz CT molecular complexity index is 944. The van der Waals surface area contributed by atoms with Crippen molar-refractivity contribution < 1.29 is 23.5 Å². The predicted octanol–water partition coefficient (Wildman–Crippen LogP) is 7.59. The molecule has 7 heteroatoms. The largest absolute Gasteiger partial charge is 0.489 e. The first kappa shape index (κ1) is 30.4. The number of carbonyl (C=O) groups excluding carboxylic acids is 1. The van der Waals surface area contributed by atoms with Crippen LogP contribution in [0.5, 0.6) is 5.75 Å². The normalized spacial score (nSPS) is 24.0. The molecule has 0 bridgehead atoms. The summed E-state index contributed by atoms with van der Waals surface area (Å²) in [6.45, 7) is 22.5. The highest BCUT2D eigenvalue weighted by Gasteiger charge is 2.53. The zero-order valence-corrected chi connectivity index (χ0v) is 27.1. The van der Waals surface area contributed by atoms with Gasteiger partial charge < -0.3 is 18.7 Å². The third-order valence-electron chi connectivity index (χ3n) is 9.70. The van der Waals surface area contributed by atoms with Crippen LogP contribution in [0.3, 0.4) is 0 Å². The minimum absolute atomic E-state index is 0.0656. The van der Waals surface area contributed by atoms with E-state index in [1.165, 1.54) is 11.1 Å². The summed E-state index contributed by atoms with van der Waals surface area (Å²) in [6, 6.07) is 6.54. The van der Waals surface area contributed by atoms with Crippen LogP contribution < -0.4 is 4.74 Å². The Kier molecular flexibility index (Phi) is 9.15. The van der Waals surface area contributed by atoms with Gasteiger partial charge in [0.15, 0.2) is 16.6 Å². The Morgan fingerprint density at radius 3 is 2.41 bits per heavy atom. The number of para-hydroxylation sites is 1. The van der Waals surface area contributed by atoms with Crippen molar-refractivity contribution >= 4 is 22.6 Å². The smallest absolute Gasteiger partial charge is 0.305 e. The molecule has 1 aliphatic heterocycles. The molecule has 2 aliphatic rings. The van der Waals surface area contributed by atoms with Gasteiger partial charge in [-0.1, -0.05) is 52.8 Å². The number of aryl methyl sites for hydroxylation is 1. The molecule has 1 N–H and O–H groups in total. The van der Waals surface area contributed by atoms with Gasteiger partial charge in [-0.3, -0.25) is 4.79 Å². The van der Waals surface area contributed by atoms with Crippen LogP contribution in [0.15, 0.2) is 18.2 Å². The molecule has 0 saturated heterocycles. The van der Waals surface area contributed by atoms with E-state index in [1.54, 1.807) is 0 Å². The molecule has 1 aliphatic carbocycles. The van der Waals surface area contributed by atoms with Gasteiger partial charge in [-0.05, 0) is 80.4 Å². The third kappa shape index (κ3) is 6.71. The summed E-state index contributed by atoms with van der Waals surface area (Å²) in [4.78, 5) is 22.8. The van der Waals surface area contributed by atoms with Gasteiger partial charge in [0.2, 0.25) is 0 Å². The summed E-state index contributed by atoms with van der Waals surface area (Å²) >= 11 is 0. The number of hydrogen-bond acceptors (Lipinski definition) is 5. The van der Waals surface area contributed by atoms with Gasteiger partial charge in [0.25, 0.3) is 0 Å². The Labute approximate surface area is 227 Å². The number of esters is 1. The lowest BCUT2D eigenvalue weighted by molar-refractivity contribution is -0.143. The minimum Gasteiger partial charge on any atom is -0.489 e. The average Bonchev–Trinajstić information content (AvgIpc) is 3.26. The SMILES string of the molecule is CCOC(=O)CCCc1cccc2c1O[C@H]1C[C@@H](O[Si](C)(C)C(C)(C)C)[C@H](CCC(C)(C)[Si](C)(C)O)[C@@H]21. The number of hydrogen-bond donors (Lipinski definition) is 1. The zero-order valence-electron chi connectivity index (χ0n) is 25.1. The van der Waals surface area contributed by atoms with E-state index in [-0.39, 0.29) is 28.3 Å². The Morgan fingerprint density at radius 2 is 1.81 bits per heavy atom. The second kappa shape index (κ2) is 11.1. The van der Waals surface area contributed by atoms with Crippen molar-refractivity contribution in [3.63, 3.8) is 0 Å². The fourth-order valence-corrected chi connectivity index (χ4v) is 7.65. The highest BCUT2D eigenvalue weighted by Crippen LogP contribution is 2.56. The second-order valence-corrected chi connectivity index (χ2v) is 23.2. The summed E-state index contributed by atoms with van der Waals surface area (Å²) in [5.41, 5.74) is 2.50. The maximum atomic E-state index is 11.8. The second-order valence-electron chi connectivity index (χ2n) is 14.0. The molecule has 0 spiro atoms. The molecule has 0 amide bonds.